The molecule has 1 aliphatic heterocycles. The fraction of sp³-hybridized carbons (Fsp3) is 1.00. The lowest BCUT2D eigenvalue weighted by molar-refractivity contribution is -0.172. The molecule has 0 amide bonds. The fourth-order valence-electron chi connectivity index (χ4n) is 1.05. The van der Waals surface area contributed by atoms with Gasteiger partial charge in [-0.25, -0.2) is 5.11 Å². The average molecular weight is 162 g/mol. The third-order valence-corrected chi connectivity index (χ3v) is 1.82. The molecule has 0 bridgehead atoms. The van der Waals surface area contributed by atoms with Gasteiger partial charge in [0.1, 0.15) is 18.3 Å². The quantitative estimate of drug-likeness (QED) is 0.410. The molecule has 5 nitrogen and oxygen atoms in total. The number of hydrogen-bond acceptors (Lipinski definition) is 4. The molecule has 1 saturated heterocycles. The Kier molecular flexibility index (Phi) is 2.80. The van der Waals surface area contributed by atoms with Crippen molar-refractivity contribution in [3.05, 3.63) is 0 Å². The average Bonchev–Trinajstić information content (AvgIpc) is 2.01. The SMILES string of the molecule is N[C@@H]1CO[C@H](CO)[C@@H](O)[C@@H]1[O]. The van der Waals surface area contributed by atoms with Gasteiger partial charge in [0.05, 0.1) is 19.3 Å². The van der Waals surface area contributed by atoms with Crippen LogP contribution in [0.4, 0.5) is 0 Å². The Morgan fingerprint density at radius 3 is 2.82 bits per heavy atom. The van der Waals surface area contributed by atoms with Crippen molar-refractivity contribution in [1.82, 2.24) is 0 Å². The third-order valence-electron chi connectivity index (χ3n) is 1.82. The zero-order chi connectivity index (χ0) is 8.43. The Bertz CT molecular complexity index is 130. The summed E-state index contributed by atoms with van der Waals surface area (Å²) in [6.07, 6.45) is -3.21. The Labute approximate surface area is 64.4 Å². The van der Waals surface area contributed by atoms with Crippen LogP contribution in [0.25, 0.3) is 0 Å². The molecular weight excluding hydrogens is 150 g/mol. The third kappa shape index (κ3) is 1.69. The molecule has 65 valence electrons. The van der Waals surface area contributed by atoms with Gasteiger partial charge in [-0.15, -0.1) is 0 Å². The molecule has 0 aromatic carbocycles. The van der Waals surface area contributed by atoms with Gasteiger partial charge < -0.3 is 20.7 Å². The second-order valence-corrected chi connectivity index (χ2v) is 2.67. The number of aliphatic hydroxyl groups is 2. The summed E-state index contributed by atoms with van der Waals surface area (Å²) < 4.78 is 4.90. The van der Waals surface area contributed by atoms with Crippen LogP contribution in [-0.2, 0) is 9.84 Å². The zero-order valence-electron chi connectivity index (χ0n) is 6.01. The molecule has 1 heterocycles. The summed E-state index contributed by atoms with van der Waals surface area (Å²) in [7, 11) is 0. The first-order valence-corrected chi connectivity index (χ1v) is 3.48. The van der Waals surface area contributed by atoms with E-state index < -0.39 is 24.4 Å². The van der Waals surface area contributed by atoms with Crippen molar-refractivity contribution in [2.75, 3.05) is 13.2 Å². The highest BCUT2D eigenvalue weighted by Gasteiger charge is 2.37. The Balaban J connectivity index is 2.52. The molecule has 0 spiro atoms. The van der Waals surface area contributed by atoms with Crippen molar-refractivity contribution in [1.29, 1.82) is 0 Å². The fourth-order valence-corrected chi connectivity index (χ4v) is 1.05. The minimum absolute atomic E-state index is 0.108. The minimum Gasteiger partial charge on any atom is -0.394 e. The van der Waals surface area contributed by atoms with Crippen LogP contribution in [0.1, 0.15) is 0 Å². The monoisotopic (exact) mass is 162 g/mol. The Morgan fingerprint density at radius 2 is 2.27 bits per heavy atom. The van der Waals surface area contributed by atoms with Gasteiger partial charge >= 0.3 is 0 Å². The molecule has 1 fully saturated rings. The van der Waals surface area contributed by atoms with Crippen LogP contribution in [0.15, 0.2) is 0 Å². The van der Waals surface area contributed by atoms with Crippen LogP contribution in [0, 0.1) is 0 Å². The lowest BCUT2D eigenvalue weighted by atomic mass is 9.99. The predicted octanol–water partition coefficient (Wildman–Crippen LogP) is -2.14. The molecule has 0 aromatic heterocycles. The van der Waals surface area contributed by atoms with Crippen molar-refractivity contribution < 1.29 is 20.1 Å². The van der Waals surface area contributed by atoms with E-state index in [1.165, 1.54) is 0 Å². The normalized spacial score (nSPS) is 45.8. The van der Waals surface area contributed by atoms with Crippen molar-refractivity contribution >= 4 is 0 Å². The van der Waals surface area contributed by atoms with Crippen molar-refractivity contribution in [2.24, 2.45) is 5.73 Å². The summed E-state index contributed by atoms with van der Waals surface area (Å²) >= 11 is 0. The van der Waals surface area contributed by atoms with E-state index >= 15 is 0 Å². The molecule has 0 aromatic rings. The summed E-state index contributed by atoms with van der Waals surface area (Å²) in [5.74, 6) is 0. The summed E-state index contributed by atoms with van der Waals surface area (Å²) in [5.41, 5.74) is 5.31. The number of hydrogen-bond donors (Lipinski definition) is 3. The van der Waals surface area contributed by atoms with Crippen LogP contribution < -0.4 is 5.73 Å². The van der Waals surface area contributed by atoms with E-state index in [2.05, 4.69) is 0 Å². The standard InChI is InChI=1S/C6H12NO4/c7-3-2-11-4(1-8)6(10)5(3)9/h3-6,8,10H,1-2,7H2/t3-,4-,5-,6-/m1/s1. The van der Waals surface area contributed by atoms with E-state index in [1.54, 1.807) is 0 Å². The topological polar surface area (TPSA) is 95.6 Å². The molecule has 1 radical (unpaired) electrons. The first kappa shape index (κ1) is 8.89. The molecule has 11 heavy (non-hydrogen) atoms. The van der Waals surface area contributed by atoms with Gasteiger partial charge in [-0.3, -0.25) is 0 Å². The molecule has 1 rings (SSSR count). The second kappa shape index (κ2) is 3.46. The summed E-state index contributed by atoms with van der Waals surface area (Å²) in [6.45, 7) is -0.233. The highest BCUT2D eigenvalue weighted by molar-refractivity contribution is 4.88. The lowest BCUT2D eigenvalue weighted by Crippen LogP contribution is -2.56. The summed E-state index contributed by atoms with van der Waals surface area (Å²) in [5, 5.41) is 28.7. The molecule has 5 heteroatoms. The number of aliphatic hydroxyl groups excluding tert-OH is 2. The van der Waals surface area contributed by atoms with Crippen LogP contribution in [-0.4, -0.2) is 47.8 Å². The minimum atomic E-state index is -1.25. The molecule has 4 N–H and O–H groups in total. The maximum absolute atomic E-state index is 11.0. The van der Waals surface area contributed by atoms with Crippen molar-refractivity contribution in [3.8, 4) is 0 Å². The Hall–Kier alpha value is -0.200. The van der Waals surface area contributed by atoms with Gasteiger partial charge in [0.2, 0.25) is 0 Å². The first-order valence-electron chi connectivity index (χ1n) is 3.48. The molecule has 0 aliphatic carbocycles. The molecule has 1 aliphatic rings. The molecule has 4 atom stereocenters. The number of ether oxygens (including phenoxy) is 1. The van der Waals surface area contributed by atoms with E-state index in [1.807, 2.05) is 0 Å². The van der Waals surface area contributed by atoms with Gasteiger partial charge in [0.15, 0.2) is 0 Å². The smallest absolute Gasteiger partial charge is 0.139 e. The van der Waals surface area contributed by atoms with Crippen LogP contribution >= 0.6 is 0 Å². The van der Waals surface area contributed by atoms with Gasteiger partial charge in [0, 0.05) is 0 Å². The lowest BCUT2D eigenvalue weighted by Gasteiger charge is -2.33. The number of rotatable bonds is 1. The van der Waals surface area contributed by atoms with Crippen LogP contribution in [0.3, 0.4) is 0 Å². The van der Waals surface area contributed by atoms with E-state index in [4.69, 9.17) is 20.7 Å². The van der Waals surface area contributed by atoms with Crippen molar-refractivity contribution in [3.63, 3.8) is 0 Å². The summed E-state index contributed by atoms with van der Waals surface area (Å²) in [6, 6.07) is -0.673. The van der Waals surface area contributed by atoms with E-state index in [-0.39, 0.29) is 13.2 Å². The highest BCUT2D eigenvalue weighted by Crippen LogP contribution is 2.13. The maximum Gasteiger partial charge on any atom is 0.139 e. The van der Waals surface area contributed by atoms with Gasteiger partial charge in [-0.2, -0.15) is 0 Å². The Morgan fingerprint density at radius 1 is 1.64 bits per heavy atom. The van der Waals surface area contributed by atoms with Crippen LogP contribution in [0.2, 0.25) is 0 Å². The summed E-state index contributed by atoms with van der Waals surface area (Å²) in [4.78, 5) is 0. The molecule has 0 saturated carbocycles. The number of nitrogens with two attached hydrogens (primary N) is 1. The van der Waals surface area contributed by atoms with Gasteiger partial charge in [-0.05, 0) is 0 Å². The van der Waals surface area contributed by atoms with Gasteiger partial charge in [-0.1, -0.05) is 0 Å². The zero-order valence-corrected chi connectivity index (χ0v) is 6.01. The van der Waals surface area contributed by atoms with Crippen LogP contribution in [0.5, 0.6) is 0 Å². The van der Waals surface area contributed by atoms with Gasteiger partial charge in [0.25, 0.3) is 0 Å². The second-order valence-electron chi connectivity index (χ2n) is 2.67. The van der Waals surface area contributed by atoms with E-state index in [0.29, 0.717) is 0 Å². The maximum atomic E-state index is 11.0. The predicted molar refractivity (Wildman–Crippen MR) is 35.3 cm³/mol. The largest absolute Gasteiger partial charge is 0.394 e. The molecule has 0 unspecified atom stereocenters. The highest BCUT2D eigenvalue weighted by atomic mass is 16.5. The van der Waals surface area contributed by atoms with Crippen molar-refractivity contribution in [2.45, 2.75) is 24.4 Å². The first-order chi connectivity index (χ1) is 5.16. The molecular formula is C6H12NO4. The van der Waals surface area contributed by atoms with E-state index in [9.17, 15) is 5.11 Å². The van der Waals surface area contributed by atoms with E-state index in [0.717, 1.165) is 0 Å².